The van der Waals surface area contributed by atoms with Crippen LogP contribution in [0.4, 0.5) is 4.79 Å². The maximum absolute atomic E-state index is 12.6. The van der Waals surface area contributed by atoms with E-state index >= 15 is 0 Å². The van der Waals surface area contributed by atoms with Crippen LogP contribution in [0.25, 0.3) is 0 Å². The van der Waals surface area contributed by atoms with E-state index in [9.17, 15) is 14.7 Å². The first kappa shape index (κ1) is 16.3. The van der Waals surface area contributed by atoms with Crippen molar-refractivity contribution >= 4 is 12.1 Å². The third kappa shape index (κ3) is 3.78. The van der Waals surface area contributed by atoms with Gasteiger partial charge in [0.25, 0.3) is 0 Å². The normalized spacial score (nSPS) is 22.2. The molecule has 1 amide bonds. The molecule has 22 heavy (non-hydrogen) atoms. The molecule has 2 rings (SSSR count). The van der Waals surface area contributed by atoms with Crippen LogP contribution in [0.1, 0.15) is 51.6 Å². The zero-order valence-corrected chi connectivity index (χ0v) is 13.3. The van der Waals surface area contributed by atoms with Gasteiger partial charge in [-0.3, -0.25) is 4.90 Å². The minimum atomic E-state index is -0.980. The Morgan fingerprint density at radius 1 is 1.18 bits per heavy atom. The van der Waals surface area contributed by atoms with Gasteiger partial charge in [-0.1, -0.05) is 30.3 Å². The lowest BCUT2D eigenvalue weighted by Gasteiger charge is -2.40. The number of hydrogen-bond acceptors (Lipinski definition) is 3. The monoisotopic (exact) mass is 305 g/mol. The molecular weight excluding hydrogens is 282 g/mol. The molecule has 120 valence electrons. The van der Waals surface area contributed by atoms with Gasteiger partial charge in [0.05, 0.1) is 6.04 Å². The summed E-state index contributed by atoms with van der Waals surface area (Å²) in [6, 6.07) is 8.44. The van der Waals surface area contributed by atoms with E-state index in [0.717, 1.165) is 18.4 Å². The van der Waals surface area contributed by atoms with Crippen molar-refractivity contribution in [3.63, 3.8) is 0 Å². The molecule has 1 aliphatic rings. The maximum atomic E-state index is 12.6. The molecule has 5 heteroatoms. The van der Waals surface area contributed by atoms with Crippen LogP contribution in [0.15, 0.2) is 30.3 Å². The number of aliphatic carboxylic acids is 1. The van der Waals surface area contributed by atoms with E-state index in [1.807, 2.05) is 30.3 Å². The van der Waals surface area contributed by atoms with Crippen LogP contribution in [0.3, 0.4) is 0 Å². The fraction of sp³-hybridized carbons (Fsp3) is 0.529. The zero-order valence-electron chi connectivity index (χ0n) is 13.3. The van der Waals surface area contributed by atoms with Gasteiger partial charge in [0, 0.05) is 0 Å². The molecule has 0 spiro atoms. The van der Waals surface area contributed by atoms with Gasteiger partial charge in [-0.2, -0.15) is 0 Å². The molecule has 0 aliphatic carbocycles. The number of amides is 1. The molecule has 1 aromatic carbocycles. The van der Waals surface area contributed by atoms with E-state index in [1.54, 1.807) is 20.8 Å². The van der Waals surface area contributed by atoms with Crippen LogP contribution in [-0.2, 0) is 9.53 Å². The van der Waals surface area contributed by atoms with Crippen molar-refractivity contribution in [2.24, 2.45) is 0 Å². The summed E-state index contributed by atoms with van der Waals surface area (Å²) in [5.41, 5.74) is 0.290. The average Bonchev–Trinajstić information content (AvgIpc) is 2.45. The Morgan fingerprint density at radius 3 is 2.36 bits per heavy atom. The third-order valence-electron chi connectivity index (χ3n) is 3.70. The standard InChI is InChI=1S/C17H23NO4/c1-17(2,3)22-16(21)18-13(12-8-5-4-6-9-12)10-7-11-14(18)15(19)20/h4-6,8-9,13-14H,7,10-11H2,1-3H3,(H,19,20)/t13-,14-/m0/s1. The lowest BCUT2D eigenvalue weighted by Crippen LogP contribution is -2.51. The molecule has 0 unspecified atom stereocenters. The number of ether oxygens (including phenoxy) is 1. The maximum Gasteiger partial charge on any atom is 0.411 e. The number of carboxylic acid groups (broad SMARTS) is 1. The molecule has 1 fully saturated rings. The van der Waals surface area contributed by atoms with E-state index in [2.05, 4.69) is 0 Å². The Hall–Kier alpha value is -2.04. The summed E-state index contributed by atoms with van der Waals surface area (Å²) in [5, 5.41) is 9.47. The highest BCUT2D eigenvalue weighted by Gasteiger charge is 2.40. The van der Waals surface area contributed by atoms with Crippen LogP contribution in [0.5, 0.6) is 0 Å². The molecular formula is C17H23NO4. The van der Waals surface area contributed by atoms with E-state index in [0.29, 0.717) is 6.42 Å². The SMILES string of the molecule is CC(C)(C)OC(=O)N1[C@H](C(=O)O)CCC[C@H]1c1ccccc1. The van der Waals surface area contributed by atoms with Crippen molar-refractivity contribution in [1.29, 1.82) is 0 Å². The minimum Gasteiger partial charge on any atom is -0.480 e. The topological polar surface area (TPSA) is 66.8 Å². The van der Waals surface area contributed by atoms with Gasteiger partial charge in [-0.25, -0.2) is 9.59 Å². The number of piperidine rings is 1. The molecule has 0 bridgehead atoms. The number of hydrogen-bond donors (Lipinski definition) is 1. The van der Waals surface area contributed by atoms with Gasteiger partial charge in [0.2, 0.25) is 0 Å². The Bertz CT molecular complexity index is 535. The molecule has 1 aromatic rings. The first-order valence-electron chi connectivity index (χ1n) is 7.58. The number of benzene rings is 1. The fourth-order valence-corrected chi connectivity index (χ4v) is 2.81. The average molecular weight is 305 g/mol. The number of carboxylic acids is 1. The summed E-state index contributed by atoms with van der Waals surface area (Å²) in [7, 11) is 0. The summed E-state index contributed by atoms with van der Waals surface area (Å²) < 4.78 is 5.43. The number of rotatable bonds is 2. The summed E-state index contributed by atoms with van der Waals surface area (Å²) in [5.74, 6) is -0.980. The summed E-state index contributed by atoms with van der Waals surface area (Å²) in [6.45, 7) is 5.34. The Labute approximate surface area is 130 Å². The Morgan fingerprint density at radius 2 is 1.82 bits per heavy atom. The van der Waals surface area contributed by atoms with E-state index in [4.69, 9.17) is 4.74 Å². The third-order valence-corrected chi connectivity index (χ3v) is 3.70. The highest BCUT2D eigenvalue weighted by molar-refractivity contribution is 5.80. The van der Waals surface area contributed by atoms with Crippen LogP contribution in [0, 0.1) is 0 Å². The highest BCUT2D eigenvalue weighted by Crippen LogP contribution is 2.35. The van der Waals surface area contributed by atoms with Crippen molar-refractivity contribution in [1.82, 2.24) is 4.90 Å². The quantitative estimate of drug-likeness (QED) is 0.906. The summed E-state index contributed by atoms with van der Waals surface area (Å²) in [6.07, 6.45) is 1.41. The molecule has 1 aliphatic heterocycles. The molecule has 0 saturated carbocycles. The first-order chi connectivity index (χ1) is 10.3. The van der Waals surface area contributed by atoms with Crippen LogP contribution >= 0.6 is 0 Å². The molecule has 1 saturated heterocycles. The largest absolute Gasteiger partial charge is 0.480 e. The second kappa shape index (κ2) is 6.38. The van der Waals surface area contributed by atoms with Crippen molar-refractivity contribution in [2.45, 2.75) is 57.7 Å². The van der Waals surface area contributed by atoms with Crippen molar-refractivity contribution < 1.29 is 19.4 Å². The van der Waals surface area contributed by atoms with Crippen molar-refractivity contribution in [3.05, 3.63) is 35.9 Å². The predicted octanol–water partition coefficient (Wildman–Crippen LogP) is 3.60. The lowest BCUT2D eigenvalue weighted by molar-refractivity contribution is -0.145. The summed E-state index contributed by atoms with van der Waals surface area (Å²) >= 11 is 0. The highest BCUT2D eigenvalue weighted by atomic mass is 16.6. The molecule has 5 nitrogen and oxygen atoms in total. The van der Waals surface area contributed by atoms with E-state index < -0.39 is 23.7 Å². The molecule has 1 heterocycles. The number of carbonyl (C=O) groups excluding carboxylic acids is 1. The predicted molar refractivity (Wildman–Crippen MR) is 82.5 cm³/mol. The summed E-state index contributed by atoms with van der Waals surface area (Å²) in [4.78, 5) is 25.5. The Balaban J connectivity index is 2.33. The molecule has 1 N–H and O–H groups in total. The van der Waals surface area contributed by atoms with Crippen molar-refractivity contribution in [3.8, 4) is 0 Å². The first-order valence-corrected chi connectivity index (χ1v) is 7.58. The number of likely N-dealkylation sites (tertiary alicyclic amines) is 1. The van der Waals surface area contributed by atoms with Crippen LogP contribution in [-0.4, -0.2) is 33.7 Å². The Kier molecular flexibility index (Phi) is 4.74. The number of carbonyl (C=O) groups is 2. The molecule has 2 atom stereocenters. The van der Waals surface area contributed by atoms with Gasteiger partial charge < -0.3 is 9.84 Å². The molecule has 0 radical (unpaired) electrons. The minimum absolute atomic E-state index is 0.258. The number of nitrogens with zero attached hydrogens (tertiary/aromatic N) is 1. The lowest BCUT2D eigenvalue weighted by atomic mass is 9.91. The van der Waals surface area contributed by atoms with E-state index in [-0.39, 0.29) is 6.04 Å². The zero-order chi connectivity index (χ0) is 16.3. The van der Waals surface area contributed by atoms with Gasteiger partial charge in [-0.15, -0.1) is 0 Å². The van der Waals surface area contributed by atoms with Gasteiger partial charge >= 0.3 is 12.1 Å². The second-order valence-electron chi connectivity index (χ2n) is 6.60. The van der Waals surface area contributed by atoms with Crippen molar-refractivity contribution in [2.75, 3.05) is 0 Å². The van der Waals surface area contributed by atoms with Crippen LogP contribution in [0.2, 0.25) is 0 Å². The fourth-order valence-electron chi connectivity index (χ4n) is 2.81. The van der Waals surface area contributed by atoms with Gasteiger partial charge in [0.15, 0.2) is 0 Å². The van der Waals surface area contributed by atoms with Crippen LogP contribution < -0.4 is 0 Å². The van der Waals surface area contributed by atoms with E-state index in [1.165, 1.54) is 4.90 Å². The smallest absolute Gasteiger partial charge is 0.411 e. The van der Waals surface area contributed by atoms with Gasteiger partial charge in [0.1, 0.15) is 11.6 Å². The molecule has 0 aromatic heterocycles. The second-order valence-corrected chi connectivity index (χ2v) is 6.60. The van der Waals surface area contributed by atoms with Gasteiger partial charge in [-0.05, 0) is 45.6 Å².